The fourth-order valence-corrected chi connectivity index (χ4v) is 2.25. The summed E-state index contributed by atoms with van der Waals surface area (Å²) in [5.41, 5.74) is 0.690. The van der Waals surface area contributed by atoms with E-state index in [0.717, 1.165) is 19.1 Å². The number of halogens is 1. The lowest BCUT2D eigenvalue weighted by molar-refractivity contribution is 0.315. The molecule has 1 fully saturated rings. The van der Waals surface area contributed by atoms with Crippen LogP contribution in [0.1, 0.15) is 31.4 Å². The van der Waals surface area contributed by atoms with Crippen molar-refractivity contribution in [3.8, 4) is 5.75 Å². The second-order valence-corrected chi connectivity index (χ2v) is 5.28. The highest BCUT2D eigenvalue weighted by molar-refractivity contribution is 5.30. The lowest BCUT2D eigenvalue weighted by Crippen LogP contribution is -2.32. The first-order valence-corrected chi connectivity index (χ1v) is 6.89. The monoisotopic (exact) mass is 266 g/mol. The molecule has 1 aromatic rings. The predicted molar refractivity (Wildman–Crippen MR) is 75.0 cm³/mol. The zero-order valence-electron chi connectivity index (χ0n) is 11.9. The Kier molecular flexibility index (Phi) is 4.77. The summed E-state index contributed by atoms with van der Waals surface area (Å²) >= 11 is 0. The van der Waals surface area contributed by atoms with Crippen LogP contribution in [-0.2, 0) is 0 Å². The Morgan fingerprint density at radius 2 is 2.21 bits per heavy atom. The van der Waals surface area contributed by atoms with Gasteiger partial charge in [-0.25, -0.2) is 4.39 Å². The molecule has 0 bridgehead atoms. The first kappa shape index (κ1) is 14.3. The molecule has 2 rings (SSSR count). The second kappa shape index (κ2) is 6.35. The van der Waals surface area contributed by atoms with Gasteiger partial charge in [0.05, 0.1) is 7.11 Å². The summed E-state index contributed by atoms with van der Waals surface area (Å²) in [6, 6.07) is 5.81. The van der Waals surface area contributed by atoms with E-state index in [2.05, 4.69) is 17.3 Å². The van der Waals surface area contributed by atoms with Crippen LogP contribution in [0.15, 0.2) is 18.2 Å². The molecule has 1 N–H and O–H groups in total. The number of ether oxygens (including phenoxy) is 1. The molecule has 1 unspecified atom stereocenters. The van der Waals surface area contributed by atoms with E-state index in [1.165, 1.54) is 18.9 Å². The molecule has 1 aliphatic rings. The lowest BCUT2D eigenvalue weighted by Gasteiger charge is -2.19. The van der Waals surface area contributed by atoms with Gasteiger partial charge in [0.2, 0.25) is 0 Å². The molecule has 0 radical (unpaired) electrons. The third kappa shape index (κ3) is 3.91. The van der Waals surface area contributed by atoms with Crippen LogP contribution in [0.4, 0.5) is 4.39 Å². The van der Waals surface area contributed by atoms with Gasteiger partial charge in [-0.3, -0.25) is 0 Å². The molecule has 4 heteroatoms. The standard InChI is InChI=1S/C15H23FN2O/c1-11(17-8-9-18(2)12-4-5-12)14-7-6-13(19-3)10-15(14)16/h6-7,10-12,17H,4-5,8-9H2,1-3H3. The van der Waals surface area contributed by atoms with Crippen LogP contribution in [0, 0.1) is 5.82 Å². The Morgan fingerprint density at radius 3 is 2.79 bits per heavy atom. The fourth-order valence-electron chi connectivity index (χ4n) is 2.25. The average molecular weight is 266 g/mol. The van der Waals surface area contributed by atoms with Gasteiger partial charge in [-0.05, 0) is 32.9 Å². The smallest absolute Gasteiger partial charge is 0.131 e. The van der Waals surface area contributed by atoms with Gasteiger partial charge in [0.25, 0.3) is 0 Å². The van der Waals surface area contributed by atoms with E-state index in [9.17, 15) is 4.39 Å². The van der Waals surface area contributed by atoms with Gasteiger partial charge in [-0.2, -0.15) is 0 Å². The van der Waals surface area contributed by atoms with Crippen LogP contribution in [0.25, 0.3) is 0 Å². The van der Waals surface area contributed by atoms with Gasteiger partial charge < -0.3 is 15.0 Å². The first-order chi connectivity index (χ1) is 9.11. The van der Waals surface area contributed by atoms with Crippen molar-refractivity contribution in [2.45, 2.75) is 31.8 Å². The van der Waals surface area contributed by atoms with Crippen LogP contribution >= 0.6 is 0 Å². The normalized spacial score (nSPS) is 16.7. The molecule has 1 aromatic carbocycles. The van der Waals surface area contributed by atoms with Crippen LogP contribution in [0.2, 0.25) is 0 Å². The van der Waals surface area contributed by atoms with Crippen molar-refractivity contribution in [2.75, 3.05) is 27.2 Å². The van der Waals surface area contributed by atoms with Gasteiger partial charge in [-0.1, -0.05) is 6.07 Å². The van der Waals surface area contributed by atoms with E-state index in [1.807, 2.05) is 6.92 Å². The fraction of sp³-hybridized carbons (Fsp3) is 0.600. The minimum absolute atomic E-state index is 0.0125. The second-order valence-electron chi connectivity index (χ2n) is 5.28. The first-order valence-electron chi connectivity index (χ1n) is 6.89. The maximum atomic E-state index is 13.9. The zero-order chi connectivity index (χ0) is 13.8. The predicted octanol–water partition coefficient (Wildman–Crippen LogP) is 2.58. The number of methoxy groups -OCH3 is 1. The quantitative estimate of drug-likeness (QED) is 0.821. The topological polar surface area (TPSA) is 24.5 Å². The largest absolute Gasteiger partial charge is 0.497 e. The highest BCUT2D eigenvalue weighted by atomic mass is 19.1. The van der Waals surface area contributed by atoms with Crippen LogP contribution < -0.4 is 10.1 Å². The molecule has 0 heterocycles. The molecule has 0 aromatic heterocycles. The minimum Gasteiger partial charge on any atom is -0.497 e. The molecule has 0 saturated heterocycles. The Hall–Kier alpha value is -1.13. The third-order valence-electron chi connectivity index (χ3n) is 3.76. The number of hydrogen-bond acceptors (Lipinski definition) is 3. The van der Waals surface area contributed by atoms with Crippen molar-refractivity contribution < 1.29 is 9.13 Å². The summed E-state index contributed by atoms with van der Waals surface area (Å²) in [7, 11) is 3.70. The Labute approximate surface area is 114 Å². The summed E-state index contributed by atoms with van der Waals surface area (Å²) < 4.78 is 18.9. The average Bonchev–Trinajstić information content (AvgIpc) is 3.22. The van der Waals surface area contributed by atoms with E-state index < -0.39 is 0 Å². The van der Waals surface area contributed by atoms with Gasteiger partial charge >= 0.3 is 0 Å². The molecule has 0 aliphatic heterocycles. The Balaban J connectivity index is 1.83. The molecule has 19 heavy (non-hydrogen) atoms. The Bertz CT molecular complexity index is 421. The van der Waals surface area contributed by atoms with Crippen molar-refractivity contribution >= 4 is 0 Å². The molecule has 106 valence electrons. The van der Waals surface area contributed by atoms with Crippen molar-refractivity contribution in [1.82, 2.24) is 10.2 Å². The van der Waals surface area contributed by atoms with E-state index in [0.29, 0.717) is 11.3 Å². The number of hydrogen-bond donors (Lipinski definition) is 1. The number of rotatable bonds is 7. The summed E-state index contributed by atoms with van der Waals surface area (Å²) in [6.45, 7) is 3.87. The maximum absolute atomic E-state index is 13.9. The number of likely N-dealkylation sites (N-methyl/N-ethyl adjacent to an activating group) is 1. The van der Waals surface area contributed by atoms with Crippen molar-refractivity contribution in [1.29, 1.82) is 0 Å². The van der Waals surface area contributed by atoms with E-state index in [4.69, 9.17) is 4.74 Å². The van der Waals surface area contributed by atoms with Gasteiger partial charge in [-0.15, -0.1) is 0 Å². The summed E-state index contributed by atoms with van der Waals surface area (Å²) in [6.07, 6.45) is 2.64. The van der Waals surface area contributed by atoms with E-state index >= 15 is 0 Å². The number of nitrogens with zero attached hydrogens (tertiary/aromatic N) is 1. The van der Waals surface area contributed by atoms with Crippen LogP contribution in [-0.4, -0.2) is 38.2 Å². The zero-order valence-corrected chi connectivity index (χ0v) is 11.9. The maximum Gasteiger partial charge on any atom is 0.131 e. The van der Waals surface area contributed by atoms with Gasteiger partial charge in [0, 0.05) is 36.8 Å². The van der Waals surface area contributed by atoms with E-state index in [1.54, 1.807) is 19.2 Å². The molecular formula is C15H23FN2O. The number of nitrogens with one attached hydrogen (secondary N) is 1. The highest BCUT2D eigenvalue weighted by Crippen LogP contribution is 2.25. The molecule has 3 nitrogen and oxygen atoms in total. The van der Waals surface area contributed by atoms with Crippen molar-refractivity contribution in [3.63, 3.8) is 0 Å². The lowest BCUT2D eigenvalue weighted by atomic mass is 10.1. The van der Waals surface area contributed by atoms with Crippen LogP contribution in [0.5, 0.6) is 5.75 Å². The minimum atomic E-state index is -0.213. The van der Waals surface area contributed by atoms with Crippen LogP contribution in [0.3, 0.4) is 0 Å². The molecule has 0 amide bonds. The molecule has 1 aliphatic carbocycles. The third-order valence-corrected chi connectivity index (χ3v) is 3.76. The molecule has 1 atom stereocenters. The molecule has 0 spiro atoms. The summed E-state index contributed by atoms with van der Waals surface area (Å²) in [4.78, 5) is 2.37. The number of benzene rings is 1. The van der Waals surface area contributed by atoms with E-state index in [-0.39, 0.29) is 11.9 Å². The summed E-state index contributed by atoms with van der Waals surface area (Å²) in [5, 5.41) is 3.37. The Morgan fingerprint density at radius 1 is 1.47 bits per heavy atom. The SMILES string of the molecule is COc1ccc(C(C)NCCN(C)C2CC2)c(F)c1. The van der Waals surface area contributed by atoms with Gasteiger partial charge in [0.1, 0.15) is 11.6 Å². The molecule has 1 saturated carbocycles. The van der Waals surface area contributed by atoms with Gasteiger partial charge in [0.15, 0.2) is 0 Å². The van der Waals surface area contributed by atoms with Crippen molar-refractivity contribution in [2.24, 2.45) is 0 Å². The summed E-state index contributed by atoms with van der Waals surface area (Å²) in [5.74, 6) is 0.344. The highest BCUT2D eigenvalue weighted by Gasteiger charge is 2.25. The van der Waals surface area contributed by atoms with Crippen molar-refractivity contribution in [3.05, 3.63) is 29.6 Å². The molecular weight excluding hydrogens is 243 g/mol.